The lowest BCUT2D eigenvalue weighted by Crippen LogP contribution is -2.58. The number of carbonyl (C=O) groups excluding carboxylic acids is 5. The van der Waals surface area contributed by atoms with Crippen LogP contribution in [0, 0.1) is 5.92 Å². The fourth-order valence-electron chi connectivity index (χ4n) is 6.61. The Hall–Kier alpha value is -4.42. The van der Waals surface area contributed by atoms with Crippen molar-refractivity contribution >= 4 is 29.5 Å². The van der Waals surface area contributed by atoms with Crippen LogP contribution < -0.4 is 20.7 Å². The third kappa shape index (κ3) is 8.12. The Morgan fingerprint density at radius 2 is 1.74 bits per heavy atom. The van der Waals surface area contributed by atoms with E-state index in [-0.39, 0.29) is 30.8 Å². The van der Waals surface area contributed by atoms with Crippen molar-refractivity contribution in [2.24, 2.45) is 5.92 Å². The standard InChI is InChI=1S/C34H47N7O6/c1-20(2)30-34(46)41-16-8-11-28(41)32(44)35-21(3)31(43)36-26(17-22-12-14-23(15-13-22)47-19-29(42)37-30)33(45)40(4)18-27-24-9-6-5-7-10-25(24)38-39-27/h12-15,20-21,26,28,30H,5-11,16-19H2,1-4H3,(H,35,44)(H,36,43)(H,37,42)(H,38,39)/t21-,26-,28+,30-/m0/s1. The summed E-state index contributed by atoms with van der Waals surface area (Å²) in [5, 5.41) is 16.1. The summed E-state index contributed by atoms with van der Waals surface area (Å²) < 4.78 is 5.70. The van der Waals surface area contributed by atoms with Crippen LogP contribution in [0.1, 0.15) is 75.4 Å². The average molecular weight is 650 g/mol. The molecule has 4 heterocycles. The normalized spacial score (nSPS) is 24.5. The lowest BCUT2D eigenvalue weighted by Gasteiger charge is -2.31. The van der Waals surface area contributed by atoms with E-state index in [0.29, 0.717) is 31.7 Å². The van der Waals surface area contributed by atoms with Gasteiger partial charge in [-0.25, -0.2) is 0 Å². The Bertz CT molecular complexity index is 1470. The molecule has 0 unspecified atom stereocenters. The molecule has 2 aromatic rings. The Morgan fingerprint density at radius 3 is 2.49 bits per heavy atom. The first-order valence-electron chi connectivity index (χ1n) is 16.7. The number of hydrogen-bond donors (Lipinski definition) is 4. The van der Waals surface area contributed by atoms with Gasteiger partial charge in [0.2, 0.25) is 23.6 Å². The van der Waals surface area contributed by atoms with Gasteiger partial charge in [-0.3, -0.25) is 29.1 Å². The molecule has 4 aliphatic rings. The highest BCUT2D eigenvalue weighted by Gasteiger charge is 2.39. The second kappa shape index (κ2) is 15.0. The molecule has 254 valence electrons. The third-order valence-electron chi connectivity index (χ3n) is 9.34. The molecule has 1 fully saturated rings. The van der Waals surface area contributed by atoms with E-state index in [1.54, 1.807) is 43.1 Å². The number of nitrogens with one attached hydrogen (secondary N) is 4. The molecule has 2 bridgehead atoms. The van der Waals surface area contributed by atoms with Crippen LogP contribution in [0.3, 0.4) is 0 Å². The summed E-state index contributed by atoms with van der Waals surface area (Å²) in [5.41, 5.74) is 3.91. The second-order valence-electron chi connectivity index (χ2n) is 13.3. The van der Waals surface area contributed by atoms with E-state index in [1.807, 2.05) is 13.8 Å². The highest BCUT2D eigenvalue weighted by molar-refractivity contribution is 5.96. The predicted molar refractivity (Wildman–Crippen MR) is 173 cm³/mol. The summed E-state index contributed by atoms with van der Waals surface area (Å²) in [6.45, 7) is 5.58. The minimum Gasteiger partial charge on any atom is -0.484 e. The van der Waals surface area contributed by atoms with Crippen LogP contribution in [0.25, 0.3) is 0 Å². The van der Waals surface area contributed by atoms with Gasteiger partial charge in [0.15, 0.2) is 6.61 Å². The van der Waals surface area contributed by atoms with Gasteiger partial charge in [-0.15, -0.1) is 0 Å². The maximum absolute atomic E-state index is 13.9. The van der Waals surface area contributed by atoms with Gasteiger partial charge in [0.1, 0.15) is 29.9 Å². The van der Waals surface area contributed by atoms with Gasteiger partial charge in [0.25, 0.3) is 5.91 Å². The number of aromatic amines is 1. The largest absolute Gasteiger partial charge is 0.484 e. The third-order valence-corrected chi connectivity index (χ3v) is 9.34. The van der Waals surface area contributed by atoms with Crippen LogP contribution in [0.4, 0.5) is 0 Å². The Balaban J connectivity index is 1.38. The van der Waals surface area contributed by atoms with Crippen molar-refractivity contribution in [1.82, 2.24) is 35.9 Å². The van der Waals surface area contributed by atoms with Gasteiger partial charge >= 0.3 is 0 Å². The summed E-state index contributed by atoms with van der Waals surface area (Å²) in [7, 11) is 1.70. The molecular formula is C34H47N7O6. The number of amides is 5. The van der Waals surface area contributed by atoms with Gasteiger partial charge in [-0.2, -0.15) is 5.10 Å². The molecule has 1 aromatic heterocycles. The van der Waals surface area contributed by atoms with Gasteiger partial charge in [-0.05, 0) is 74.6 Å². The lowest BCUT2D eigenvalue weighted by molar-refractivity contribution is -0.143. The molecule has 1 aromatic carbocycles. The smallest absolute Gasteiger partial charge is 0.258 e. The van der Waals surface area contributed by atoms with Crippen molar-refractivity contribution in [3.05, 3.63) is 46.8 Å². The summed E-state index contributed by atoms with van der Waals surface area (Å²) in [6, 6.07) is 3.43. The SMILES string of the molecule is CC(C)[C@@H]1NC(=O)COc2ccc(cc2)C[C@@H](C(=O)N(C)Cc2n[nH]c3c2CCCCC3)NC(=O)[C@H](C)NC(=O)[C@H]2CCCN2C1=O. The van der Waals surface area contributed by atoms with Gasteiger partial charge < -0.3 is 30.5 Å². The maximum Gasteiger partial charge on any atom is 0.258 e. The molecule has 0 radical (unpaired) electrons. The van der Waals surface area contributed by atoms with Crippen molar-refractivity contribution in [3.63, 3.8) is 0 Å². The molecule has 13 heteroatoms. The molecule has 5 amide bonds. The van der Waals surface area contributed by atoms with Gasteiger partial charge in [0, 0.05) is 25.7 Å². The molecule has 47 heavy (non-hydrogen) atoms. The summed E-state index contributed by atoms with van der Waals surface area (Å²) in [5.74, 6) is -1.86. The monoisotopic (exact) mass is 649 g/mol. The molecule has 3 aliphatic heterocycles. The summed E-state index contributed by atoms with van der Waals surface area (Å²) >= 11 is 0. The van der Waals surface area contributed by atoms with Crippen LogP contribution in [-0.2, 0) is 49.8 Å². The molecule has 4 atom stereocenters. The number of likely N-dealkylation sites (N-methyl/N-ethyl adjacent to an activating group) is 1. The molecule has 1 saturated heterocycles. The van der Waals surface area contributed by atoms with Crippen molar-refractivity contribution in [1.29, 1.82) is 0 Å². The zero-order chi connectivity index (χ0) is 33.7. The first kappa shape index (κ1) is 33.9. The quantitative estimate of drug-likeness (QED) is 0.364. The number of benzene rings is 1. The summed E-state index contributed by atoms with van der Waals surface area (Å²) in [4.78, 5) is 70.3. The van der Waals surface area contributed by atoms with Crippen LogP contribution in [0.2, 0.25) is 0 Å². The van der Waals surface area contributed by atoms with Crippen molar-refractivity contribution < 1.29 is 28.7 Å². The number of carbonyl (C=O) groups is 5. The molecule has 13 nitrogen and oxygen atoms in total. The van der Waals surface area contributed by atoms with Gasteiger partial charge in [0.05, 0.1) is 12.2 Å². The minimum atomic E-state index is -0.971. The van der Waals surface area contributed by atoms with Crippen LogP contribution in [0.5, 0.6) is 5.75 Å². The van der Waals surface area contributed by atoms with Crippen LogP contribution in [0.15, 0.2) is 24.3 Å². The Labute approximate surface area is 275 Å². The first-order chi connectivity index (χ1) is 22.5. The number of H-pyrrole nitrogens is 1. The molecular weight excluding hydrogens is 602 g/mol. The minimum absolute atomic E-state index is 0.190. The van der Waals surface area contributed by atoms with Crippen LogP contribution in [-0.4, -0.2) is 93.9 Å². The first-order valence-corrected chi connectivity index (χ1v) is 16.7. The summed E-state index contributed by atoms with van der Waals surface area (Å²) in [6.07, 6.45) is 6.44. The van der Waals surface area contributed by atoms with E-state index in [1.165, 1.54) is 10.5 Å². The molecule has 1 aliphatic carbocycles. The highest BCUT2D eigenvalue weighted by atomic mass is 16.5. The number of ether oxygens (including phenoxy) is 1. The topological polar surface area (TPSA) is 166 Å². The number of fused-ring (bicyclic) bond motifs is 14. The molecule has 0 saturated carbocycles. The van der Waals surface area contributed by atoms with E-state index < -0.39 is 41.9 Å². The fourth-order valence-corrected chi connectivity index (χ4v) is 6.61. The number of hydrogen-bond acceptors (Lipinski definition) is 7. The van der Waals surface area contributed by atoms with E-state index in [2.05, 4.69) is 26.1 Å². The molecule has 6 rings (SSSR count). The van der Waals surface area contributed by atoms with Crippen LogP contribution >= 0.6 is 0 Å². The highest BCUT2D eigenvalue weighted by Crippen LogP contribution is 2.24. The van der Waals surface area contributed by atoms with Gasteiger partial charge in [-0.1, -0.05) is 32.4 Å². The number of rotatable bonds is 4. The Kier molecular flexibility index (Phi) is 10.8. The zero-order valence-electron chi connectivity index (χ0n) is 27.8. The van der Waals surface area contributed by atoms with Crippen molar-refractivity contribution in [2.45, 2.75) is 103 Å². The average Bonchev–Trinajstić information content (AvgIpc) is 3.62. The number of aryl methyl sites for hydroxylation is 1. The van der Waals surface area contributed by atoms with E-state index >= 15 is 0 Å². The van der Waals surface area contributed by atoms with E-state index in [9.17, 15) is 24.0 Å². The fraction of sp³-hybridized carbons (Fsp3) is 0.588. The predicted octanol–water partition coefficient (Wildman–Crippen LogP) is 1.39. The van der Waals surface area contributed by atoms with E-state index in [4.69, 9.17) is 4.74 Å². The maximum atomic E-state index is 13.9. The van der Waals surface area contributed by atoms with E-state index in [0.717, 1.165) is 49.1 Å². The molecule has 0 spiro atoms. The lowest BCUT2D eigenvalue weighted by atomic mass is 10.0. The Morgan fingerprint density at radius 1 is 1.00 bits per heavy atom. The van der Waals surface area contributed by atoms with Crippen molar-refractivity contribution in [3.8, 4) is 5.75 Å². The number of nitrogens with zero attached hydrogens (tertiary/aromatic N) is 3. The zero-order valence-corrected chi connectivity index (χ0v) is 27.8. The number of aromatic nitrogens is 2. The molecule has 4 N–H and O–H groups in total. The second-order valence-corrected chi connectivity index (χ2v) is 13.3. The van der Waals surface area contributed by atoms with Crippen molar-refractivity contribution in [2.75, 3.05) is 20.2 Å².